The van der Waals surface area contributed by atoms with Crippen LogP contribution in [0.1, 0.15) is 0 Å². The standard InChI is InChI=1S/C40H23BN2S/c1-2-12-24(13-3-1)43-39-29(22-23-34-37(39)28-17-7-11-21-33(28)44-34)35-25-14-4-5-15-26(25)36-27-16-6-9-19-31(27)42-32-20-10-8-18-30(32)41(43)38(35)40(36)42/h1-23H. The molecule has 0 radical (unpaired) electrons. The monoisotopic (exact) mass is 574 g/mol. The van der Waals surface area contributed by atoms with E-state index in [1.165, 1.54) is 91.9 Å². The molecule has 7 aromatic carbocycles. The first kappa shape index (κ1) is 23.2. The Balaban J connectivity index is 1.46. The lowest BCUT2D eigenvalue weighted by molar-refractivity contribution is 1.18. The average molecular weight is 575 g/mol. The first-order chi connectivity index (χ1) is 21.9. The second-order valence-electron chi connectivity index (χ2n) is 12.0. The van der Waals surface area contributed by atoms with Crippen molar-refractivity contribution in [3.63, 3.8) is 0 Å². The third-order valence-corrected chi connectivity index (χ3v) is 11.1. The summed E-state index contributed by atoms with van der Waals surface area (Å²) in [6.45, 7) is 0.0179. The predicted octanol–water partition coefficient (Wildman–Crippen LogP) is 9.54. The van der Waals surface area contributed by atoms with Crippen LogP contribution in [0.3, 0.4) is 0 Å². The van der Waals surface area contributed by atoms with Crippen LogP contribution in [0.25, 0.3) is 69.6 Å². The van der Waals surface area contributed by atoms with Gasteiger partial charge >= 0.3 is 6.85 Å². The molecule has 0 unspecified atom stereocenters. The molecule has 0 atom stereocenters. The zero-order valence-electron chi connectivity index (χ0n) is 23.7. The second-order valence-corrected chi connectivity index (χ2v) is 13.1. The SMILES string of the molecule is c1ccc(N2B3c4ccccc4-n4c5ccccc5c5c6ccccc6c(c3c54)-c3ccc4sc5ccccc5c4c32)cc1. The Kier molecular flexibility index (Phi) is 4.32. The van der Waals surface area contributed by atoms with E-state index in [1.807, 2.05) is 11.3 Å². The Hall–Kier alpha value is -5.32. The fourth-order valence-electron chi connectivity index (χ4n) is 8.35. The van der Waals surface area contributed by atoms with Gasteiger partial charge in [-0.2, -0.15) is 0 Å². The highest BCUT2D eigenvalue weighted by Crippen LogP contribution is 2.52. The minimum atomic E-state index is 0.0179. The third-order valence-electron chi connectivity index (χ3n) is 9.93. The summed E-state index contributed by atoms with van der Waals surface area (Å²) in [5.41, 5.74) is 11.8. The highest BCUT2D eigenvalue weighted by molar-refractivity contribution is 7.26. The van der Waals surface area contributed by atoms with Gasteiger partial charge in [0.15, 0.2) is 0 Å². The van der Waals surface area contributed by atoms with E-state index in [-0.39, 0.29) is 6.85 Å². The zero-order valence-corrected chi connectivity index (χ0v) is 24.5. The first-order valence-electron chi connectivity index (χ1n) is 15.2. The van der Waals surface area contributed by atoms with Crippen molar-refractivity contribution >= 4 is 93.2 Å². The maximum atomic E-state index is 2.66. The number of anilines is 2. The second kappa shape index (κ2) is 8.19. The van der Waals surface area contributed by atoms with Crippen molar-refractivity contribution in [3.8, 4) is 16.8 Å². The molecule has 0 amide bonds. The van der Waals surface area contributed by atoms with Crippen molar-refractivity contribution in [2.45, 2.75) is 0 Å². The van der Waals surface area contributed by atoms with Crippen LogP contribution in [-0.2, 0) is 0 Å². The van der Waals surface area contributed by atoms with Crippen LogP contribution in [-0.4, -0.2) is 11.4 Å². The third kappa shape index (κ3) is 2.69. The molecule has 0 fully saturated rings. The van der Waals surface area contributed by atoms with Crippen molar-refractivity contribution in [1.29, 1.82) is 0 Å². The van der Waals surface area contributed by atoms with Gasteiger partial charge in [0.05, 0.1) is 11.0 Å². The summed E-state index contributed by atoms with van der Waals surface area (Å²) in [5.74, 6) is 0. The van der Waals surface area contributed by atoms with Crippen molar-refractivity contribution in [3.05, 3.63) is 140 Å². The van der Waals surface area contributed by atoms with Crippen molar-refractivity contribution in [2.75, 3.05) is 4.81 Å². The summed E-state index contributed by atoms with van der Waals surface area (Å²) in [5, 5.41) is 8.00. The van der Waals surface area contributed by atoms with Crippen molar-refractivity contribution in [1.82, 2.24) is 4.57 Å². The van der Waals surface area contributed by atoms with E-state index in [0.717, 1.165) is 0 Å². The van der Waals surface area contributed by atoms with Gasteiger partial charge in [0.25, 0.3) is 0 Å². The molecule has 2 aliphatic heterocycles. The molecule has 0 spiro atoms. The van der Waals surface area contributed by atoms with Gasteiger partial charge in [-0.15, -0.1) is 11.3 Å². The summed E-state index contributed by atoms with van der Waals surface area (Å²) in [7, 11) is 0. The topological polar surface area (TPSA) is 8.17 Å². The Bertz CT molecular complexity index is 2680. The van der Waals surface area contributed by atoms with Crippen LogP contribution in [0.4, 0.5) is 11.4 Å². The number of aromatic nitrogens is 1. The highest BCUT2D eigenvalue weighted by atomic mass is 32.1. The van der Waals surface area contributed by atoms with Gasteiger partial charge in [-0.1, -0.05) is 103 Å². The first-order valence-corrected chi connectivity index (χ1v) is 16.1. The average Bonchev–Trinajstić information content (AvgIpc) is 3.65. The molecule has 2 aliphatic rings. The van der Waals surface area contributed by atoms with E-state index in [2.05, 4.69) is 149 Å². The Labute approximate surface area is 258 Å². The van der Waals surface area contributed by atoms with E-state index in [4.69, 9.17) is 0 Å². The molecule has 2 aromatic heterocycles. The van der Waals surface area contributed by atoms with E-state index in [0.29, 0.717) is 0 Å². The Morgan fingerprint density at radius 3 is 2.11 bits per heavy atom. The lowest BCUT2D eigenvalue weighted by atomic mass is 9.43. The Morgan fingerprint density at radius 2 is 1.23 bits per heavy atom. The summed E-state index contributed by atoms with van der Waals surface area (Å²) in [6.07, 6.45) is 0. The van der Waals surface area contributed by atoms with Gasteiger partial charge in [-0.05, 0) is 63.7 Å². The van der Waals surface area contributed by atoms with E-state index < -0.39 is 0 Å². The number of nitrogens with zero attached hydrogens (tertiary/aromatic N) is 2. The molecule has 0 saturated carbocycles. The van der Waals surface area contributed by atoms with Gasteiger partial charge in [-0.25, -0.2) is 0 Å². The minimum Gasteiger partial charge on any atom is -0.376 e. The van der Waals surface area contributed by atoms with Crippen LogP contribution in [0.15, 0.2) is 140 Å². The van der Waals surface area contributed by atoms with E-state index >= 15 is 0 Å². The summed E-state index contributed by atoms with van der Waals surface area (Å²) in [4.78, 5) is 2.66. The Morgan fingerprint density at radius 1 is 0.523 bits per heavy atom. The quantitative estimate of drug-likeness (QED) is 0.177. The van der Waals surface area contributed by atoms with Gasteiger partial charge in [0.2, 0.25) is 0 Å². The van der Waals surface area contributed by atoms with Crippen LogP contribution in [0.5, 0.6) is 0 Å². The van der Waals surface area contributed by atoms with Crippen LogP contribution >= 0.6 is 11.3 Å². The lowest BCUT2D eigenvalue weighted by Gasteiger charge is -2.42. The molecule has 0 aliphatic carbocycles. The molecule has 4 heteroatoms. The predicted molar refractivity (Wildman–Crippen MR) is 190 cm³/mol. The zero-order chi connectivity index (χ0) is 28.5. The molecule has 0 N–H and O–H groups in total. The number of para-hydroxylation sites is 3. The summed E-state index contributed by atoms with van der Waals surface area (Å²) in [6, 6.07) is 51.9. The van der Waals surface area contributed by atoms with Crippen LogP contribution in [0, 0.1) is 0 Å². The molecule has 202 valence electrons. The van der Waals surface area contributed by atoms with Gasteiger partial charge in [-0.3, -0.25) is 0 Å². The van der Waals surface area contributed by atoms with Crippen LogP contribution < -0.4 is 15.7 Å². The summed E-state index contributed by atoms with van der Waals surface area (Å²) >= 11 is 1.90. The fraction of sp³-hybridized carbons (Fsp3) is 0. The molecule has 2 nitrogen and oxygen atoms in total. The number of rotatable bonds is 1. The fourth-order valence-corrected chi connectivity index (χ4v) is 9.46. The maximum Gasteiger partial charge on any atom is 0.333 e. The maximum absolute atomic E-state index is 2.66. The molecular formula is C40H23BN2S. The molecule has 44 heavy (non-hydrogen) atoms. The molecule has 0 bridgehead atoms. The number of fused-ring (bicyclic) bond motifs is 15. The molecular weight excluding hydrogens is 551 g/mol. The lowest BCUT2D eigenvalue weighted by Crippen LogP contribution is -2.60. The molecule has 9 aromatic rings. The largest absolute Gasteiger partial charge is 0.376 e. The van der Waals surface area contributed by atoms with Gasteiger partial charge in [0.1, 0.15) is 0 Å². The van der Waals surface area contributed by atoms with Gasteiger partial charge < -0.3 is 9.38 Å². The van der Waals surface area contributed by atoms with Crippen molar-refractivity contribution in [2.24, 2.45) is 0 Å². The number of benzene rings is 7. The smallest absolute Gasteiger partial charge is 0.333 e. The van der Waals surface area contributed by atoms with Crippen LogP contribution in [0.2, 0.25) is 0 Å². The number of hydrogen-bond donors (Lipinski definition) is 0. The highest BCUT2D eigenvalue weighted by Gasteiger charge is 2.45. The number of thiophene rings is 1. The normalized spacial score (nSPS) is 13.4. The molecule has 0 saturated heterocycles. The van der Waals surface area contributed by atoms with Gasteiger partial charge in [0, 0.05) is 53.6 Å². The number of hydrogen-bond acceptors (Lipinski definition) is 2. The molecule has 4 heterocycles. The molecule has 11 rings (SSSR count). The minimum absolute atomic E-state index is 0.0179. The van der Waals surface area contributed by atoms with E-state index in [9.17, 15) is 0 Å². The van der Waals surface area contributed by atoms with E-state index in [1.54, 1.807) is 0 Å². The summed E-state index contributed by atoms with van der Waals surface area (Å²) < 4.78 is 5.21. The van der Waals surface area contributed by atoms with Crippen molar-refractivity contribution < 1.29 is 0 Å².